The molecule has 18 fully saturated rings. The number of carbonyl (C=O) groups is 1. The second-order valence-electron chi connectivity index (χ2n) is 31.5. The van der Waals surface area contributed by atoms with Crippen molar-refractivity contribution in [1.29, 1.82) is 0 Å². The van der Waals surface area contributed by atoms with Crippen LogP contribution in [0.25, 0.3) is 32.7 Å². The number of nitrogens with zero attached hydrogens (tertiary/aromatic N) is 6. The number of aromatic nitrogens is 3. The molecule has 2 aliphatic heterocycles. The van der Waals surface area contributed by atoms with Gasteiger partial charge in [-0.15, -0.1) is 0 Å². The number of hydrogen-bond acceptors (Lipinski definition) is 3. The Morgan fingerprint density at radius 3 is 1.34 bits per heavy atom. The minimum Gasteiger partial charge on any atom is -0.365 e. The maximum atomic E-state index is 13.5. The molecule has 18 aliphatic carbocycles. The van der Waals surface area contributed by atoms with Crippen LogP contribution in [0.5, 0.6) is 0 Å². The number of hydrogen-bond donors (Lipinski definition) is 0. The van der Waals surface area contributed by atoms with Gasteiger partial charge in [0.1, 0.15) is 5.67 Å². The molecule has 5 heterocycles. The molecule has 8 aromatic rings. The van der Waals surface area contributed by atoms with Gasteiger partial charge < -0.3 is 28.4 Å². The lowest BCUT2D eigenvalue weighted by atomic mass is 9.34. The number of para-hydroxylation sites is 5. The molecule has 28 rings (SSSR count). The van der Waals surface area contributed by atoms with Gasteiger partial charge in [0, 0.05) is 101 Å². The Labute approximate surface area is 504 Å². The number of halogens is 1. The maximum absolute atomic E-state index is 13.5. The Hall–Kier alpha value is -6.12. The summed E-state index contributed by atoms with van der Waals surface area (Å²) in [5.41, 5.74) is 13.1. The smallest absolute Gasteiger partial charge is 0.232 e. The largest absolute Gasteiger partial charge is 0.365 e. The fraction of sp³-hybridized carbons (Fsp3) is 0.519. The summed E-state index contributed by atoms with van der Waals surface area (Å²) in [4.78, 5) is 19.2. The van der Waals surface area contributed by atoms with Crippen LogP contribution in [0.15, 0.2) is 158 Å². The molecule has 7 nitrogen and oxygen atoms in total. The summed E-state index contributed by atoms with van der Waals surface area (Å²) in [7, 11) is 4.39. The van der Waals surface area contributed by atoms with E-state index >= 15 is 0 Å². The highest BCUT2D eigenvalue weighted by atomic mass is 19.1. The van der Waals surface area contributed by atoms with Crippen molar-refractivity contribution in [3.05, 3.63) is 169 Å². The van der Waals surface area contributed by atoms with Crippen molar-refractivity contribution < 1.29 is 9.18 Å². The molecule has 0 atom stereocenters. The van der Waals surface area contributed by atoms with E-state index in [0.29, 0.717) is 34.4 Å². The first-order chi connectivity index (χ1) is 40.5. The Morgan fingerprint density at radius 1 is 0.482 bits per heavy atom. The molecule has 0 radical (unpaired) electrons. The molecule has 20 aliphatic rings. The Kier molecular flexibility index (Phi) is 11.9. The summed E-state index contributed by atoms with van der Waals surface area (Å²) in [5, 5.41) is 4.03. The Bertz CT molecular complexity index is 3720. The number of anilines is 2. The monoisotopic (exact) mass is 1130 g/mol. The maximum Gasteiger partial charge on any atom is 0.232 e. The highest BCUT2D eigenvalue weighted by molar-refractivity contribution is 6.03. The van der Waals surface area contributed by atoms with Crippen molar-refractivity contribution in [2.24, 2.45) is 34.0 Å². The van der Waals surface area contributed by atoms with E-state index in [4.69, 9.17) is 0 Å². The van der Waals surface area contributed by atoms with Gasteiger partial charge in [-0.25, -0.2) is 4.39 Å². The minimum atomic E-state index is -0.814. The highest BCUT2D eigenvalue weighted by Crippen LogP contribution is 2.75. The summed E-state index contributed by atoms with van der Waals surface area (Å²) in [6.07, 6.45) is 33.3. The van der Waals surface area contributed by atoms with Crippen LogP contribution in [-0.2, 0) is 34.3 Å². The number of fused-ring (bicyclic) bond motifs is 5. The minimum absolute atomic E-state index is 0. The van der Waals surface area contributed by atoms with Gasteiger partial charge in [-0.05, 0) is 227 Å². The first kappa shape index (κ1) is 54.3. The van der Waals surface area contributed by atoms with Gasteiger partial charge in [0.25, 0.3) is 0 Å². The number of rotatable bonds is 8. The van der Waals surface area contributed by atoms with E-state index in [1.165, 1.54) is 172 Å². The average molecular weight is 1140 g/mol. The predicted molar refractivity (Wildman–Crippen MR) is 346 cm³/mol. The standard InChI is InChI=1S/C14H15N.C13H12FN.C13H13NO.C13H15N.C13H13N.C10H19N.CH4/c1-13-8-14(9-13,10-13)15-7-6-11-4-2-3-5-12(11)15;14-12-7-13(8-12,9-12)15-6-5-10-3-1-2-4-11(10)15;15-12-5-10-3-1-2-4-11(10)14(12)13-6-9(7-13)8-13;2*1-2-4-12-11(3-1)5-6-14(12)13-7-10(8-13)9-13;1-4-9-5-10(6-9,7-9)8-11(2)3;/h2-7H,8-10H2,1H3;1-6H,7-9H2;1-4,9H,5-8H2;1-4,10H,5-9H2;1-6,10H,7-9H2;4-8H2,1-3H3;1H4. The lowest BCUT2D eigenvalue weighted by Crippen LogP contribution is -2.69. The van der Waals surface area contributed by atoms with E-state index < -0.39 is 5.67 Å². The van der Waals surface area contributed by atoms with Gasteiger partial charge in [-0.1, -0.05) is 119 Å². The molecular weight excluding hydrogens is 1040 g/mol. The Balaban J connectivity index is 0.0000000831. The predicted octanol–water partition coefficient (Wildman–Crippen LogP) is 17.4. The third kappa shape index (κ3) is 8.20. The molecule has 0 unspecified atom stereocenters. The zero-order valence-corrected chi connectivity index (χ0v) is 50.5. The van der Waals surface area contributed by atoms with Crippen LogP contribution < -0.4 is 9.80 Å². The summed E-state index contributed by atoms with van der Waals surface area (Å²) < 4.78 is 20.8. The molecule has 18 saturated carbocycles. The van der Waals surface area contributed by atoms with Crippen molar-refractivity contribution in [3.8, 4) is 0 Å². The van der Waals surface area contributed by atoms with Crippen LogP contribution in [-0.4, -0.2) is 68.4 Å². The molecule has 8 heteroatoms. The quantitative estimate of drug-likeness (QED) is 0.152. The van der Waals surface area contributed by atoms with Crippen molar-refractivity contribution in [1.82, 2.24) is 18.6 Å². The molecular formula is C77H91FN6O. The average Bonchev–Trinajstić information content (AvgIpc) is 1.55. The number of alkyl halides is 1. The van der Waals surface area contributed by atoms with Crippen LogP contribution in [0.1, 0.15) is 154 Å². The van der Waals surface area contributed by atoms with Gasteiger partial charge in [-0.3, -0.25) is 4.79 Å². The molecule has 442 valence electrons. The Morgan fingerprint density at radius 2 is 0.906 bits per heavy atom. The van der Waals surface area contributed by atoms with E-state index in [-0.39, 0.29) is 18.5 Å². The molecule has 5 aromatic carbocycles. The van der Waals surface area contributed by atoms with Gasteiger partial charge >= 0.3 is 0 Å². The van der Waals surface area contributed by atoms with Crippen molar-refractivity contribution in [2.45, 2.75) is 189 Å². The third-order valence-corrected chi connectivity index (χ3v) is 25.0. The highest BCUT2D eigenvalue weighted by Gasteiger charge is 2.71. The topological polar surface area (TPSA) is 41.6 Å². The normalized spacial score (nSPS) is 37.3. The van der Waals surface area contributed by atoms with E-state index in [0.717, 1.165) is 47.8 Å². The van der Waals surface area contributed by atoms with Crippen molar-refractivity contribution >= 4 is 50.0 Å². The van der Waals surface area contributed by atoms with Crippen LogP contribution in [0.4, 0.5) is 15.8 Å². The SMILES string of the molecule is C.CC12CC(n3ccc4ccccc43)(C1)C2.CCC12CC(CN(C)C)(C1)C2.FC12CC(n3ccc4ccccc43)(C1)C2.O=C1Cc2ccccc2N1C12CC(C1)C2.c1ccc2c(c1)CCN2C12CC(C1)C2.c1ccc2c(c1)ccn2C12CC(C1)C2. The second-order valence-corrected chi connectivity index (χ2v) is 31.5. The number of amides is 1. The summed E-state index contributed by atoms with van der Waals surface area (Å²) in [6.45, 7) is 7.36. The van der Waals surface area contributed by atoms with Crippen LogP contribution in [0.3, 0.4) is 0 Å². The van der Waals surface area contributed by atoms with Gasteiger partial charge in [-0.2, -0.15) is 0 Å². The van der Waals surface area contributed by atoms with Gasteiger partial charge in [0.05, 0.1) is 12.0 Å². The zero-order chi connectivity index (χ0) is 56.7. The fourth-order valence-electron chi connectivity index (χ4n) is 21.1. The molecule has 85 heavy (non-hydrogen) atoms. The van der Waals surface area contributed by atoms with Gasteiger partial charge in [0.2, 0.25) is 5.91 Å². The molecule has 3 aromatic heterocycles. The van der Waals surface area contributed by atoms with Crippen LogP contribution >= 0.6 is 0 Å². The van der Waals surface area contributed by atoms with E-state index in [9.17, 15) is 9.18 Å². The van der Waals surface area contributed by atoms with Crippen molar-refractivity contribution in [3.63, 3.8) is 0 Å². The van der Waals surface area contributed by atoms with E-state index in [1.807, 2.05) is 18.2 Å². The number of benzene rings is 5. The first-order valence-corrected chi connectivity index (χ1v) is 32.9. The second kappa shape index (κ2) is 18.7. The molecule has 12 bridgehead atoms. The number of carbonyl (C=O) groups excluding carboxylic acids is 1. The molecule has 1 amide bonds. The van der Waals surface area contributed by atoms with Gasteiger partial charge in [0.15, 0.2) is 0 Å². The van der Waals surface area contributed by atoms with Crippen molar-refractivity contribution in [2.75, 3.05) is 37.0 Å². The lowest BCUT2D eigenvalue weighted by Gasteiger charge is -2.72. The fourth-order valence-corrected chi connectivity index (χ4v) is 21.1. The summed E-state index contributed by atoms with van der Waals surface area (Å²) in [5.74, 6) is 3.37. The summed E-state index contributed by atoms with van der Waals surface area (Å²) >= 11 is 0. The summed E-state index contributed by atoms with van der Waals surface area (Å²) in [6, 6.07) is 49.6. The third-order valence-electron chi connectivity index (χ3n) is 25.0. The molecule has 0 N–H and O–H groups in total. The zero-order valence-electron chi connectivity index (χ0n) is 50.5. The van der Waals surface area contributed by atoms with E-state index in [1.54, 1.807) is 5.56 Å². The first-order valence-electron chi connectivity index (χ1n) is 32.9. The van der Waals surface area contributed by atoms with Crippen LogP contribution in [0, 0.1) is 34.0 Å². The van der Waals surface area contributed by atoms with E-state index in [2.05, 4.69) is 196 Å². The van der Waals surface area contributed by atoms with Crippen LogP contribution in [0.2, 0.25) is 0 Å². The molecule has 0 saturated heterocycles. The molecule has 0 spiro atoms. The lowest BCUT2D eigenvalue weighted by molar-refractivity contribution is -0.211.